The summed E-state index contributed by atoms with van der Waals surface area (Å²) in [7, 11) is 0. The Morgan fingerprint density at radius 3 is 2.47 bits per heavy atom. The average molecular weight is 250 g/mol. The van der Waals surface area contributed by atoms with Crippen molar-refractivity contribution >= 4 is 0 Å². The lowest BCUT2D eigenvalue weighted by atomic mass is 10.1. The lowest BCUT2D eigenvalue weighted by Crippen LogP contribution is -2.35. The average Bonchev–Trinajstić information content (AvgIpc) is 2.29. The second-order valence-corrected chi connectivity index (χ2v) is 3.47. The van der Waals surface area contributed by atoms with Crippen molar-refractivity contribution in [3.05, 3.63) is 29.6 Å². The van der Waals surface area contributed by atoms with Crippen LogP contribution >= 0.6 is 0 Å². The third-order valence-corrected chi connectivity index (χ3v) is 2.23. The summed E-state index contributed by atoms with van der Waals surface area (Å²) in [5, 5.41) is 20.2. The van der Waals surface area contributed by atoms with Crippen molar-refractivity contribution in [3.63, 3.8) is 0 Å². The van der Waals surface area contributed by atoms with E-state index in [1.807, 2.05) is 0 Å². The Kier molecular flexibility index (Phi) is 4.86. The molecule has 0 fully saturated rings. The van der Waals surface area contributed by atoms with Gasteiger partial charge in [-0.05, 0) is 11.6 Å². The van der Waals surface area contributed by atoms with E-state index in [-0.39, 0.29) is 25.3 Å². The molecule has 0 aliphatic carbocycles. The van der Waals surface area contributed by atoms with Crippen LogP contribution in [0.2, 0.25) is 0 Å². The highest BCUT2D eigenvalue weighted by Gasteiger charge is 2.33. The fourth-order valence-corrected chi connectivity index (χ4v) is 1.29. The molecule has 0 atom stereocenters. The second-order valence-electron chi connectivity index (χ2n) is 3.47. The summed E-state index contributed by atoms with van der Waals surface area (Å²) < 4.78 is 37.7. The molecule has 0 unspecified atom stereocenters. The van der Waals surface area contributed by atoms with Crippen LogP contribution in [0.3, 0.4) is 0 Å². The van der Waals surface area contributed by atoms with Gasteiger partial charge < -0.3 is 15.5 Å². The van der Waals surface area contributed by atoms with Gasteiger partial charge in [-0.2, -0.15) is 13.2 Å². The maximum Gasteiger partial charge on any atom is 0.416 e. The molecule has 0 bridgehead atoms. The molecule has 0 radical (unpaired) electrons. The number of nitrogens with one attached hydrogen (secondary N) is 1. The summed E-state index contributed by atoms with van der Waals surface area (Å²) in [4.78, 5) is 3.62. The summed E-state index contributed by atoms with van der Waals surface area (Å²) >= 11 is 0. The number of halogens is 3. The summed E-state index contributed by atoms with van der Waals surface area (Å²) in [6, 6.07) is 0.250. The summed E-state index contributed by atoms with van der Waals surface area (Å²) in [5.74, 6) is 0. The van der Waals surface area contributed by atoms with Gasteiger partial charge in [0.25, 0.3) is 0 Å². The number of aliphatic hydroxyl groups is 2. The van der Waals surface area contributed by atoms with E-state index in [1.54, 1.807) is 0 Å². The molecule has 0 saturated carbocycles. The maximum atomic E-state index is 12.6. The fourth-order valence-electron chi connectivity index (χ4n) is 1.29. The van der Waals surface area contributed by atoms with Crippen molar-refractivity contribution < 1.29 is 23.4 Å². The Balaban J connectivity index is 2.77. The first-order valence-electron chi connectivity index (χ1n) is 4.94. The van der Waals surface area contributed by atoms with Crippen LogP contribution in [0, 0.1) is 0 Å². The molecule has 0 aliphatic rings. The van der Waals surface area contributed by atoms with Crippen LogP contribution in [0.1, 0.15) is 11.1 Å². The van der Waals surface area contributed by atoms with Gasteiger partial charge in [0.05, 0.1) is 24.8 Å². The van der Waals surface area contributed by atoms with Gasteiger partial charge in [-0.1, -0.05) is 0 Å². The first kappa shape index (κ1) is 13.9. The molecule has 3 N–H and O–H groups in total. The number of hydrogen-bond acceptors (Lipinski definition) is 4. The van der Waals surface area contributed by atoms with Gasteiger partial charge in [0.2, 0.25) is 0 Å². The van der Waals surface area contributed by atoms with Gasteiger partial charge in [0, 0.05) is 18.9 Å². The van der Waals surface area contributed by atoms with Crippen molar-refractivity contribution in [2.45, 2.75) is 18.8 Å². The number of alkyl halides is 3. The van der Waals surface area contributed by atoms with Gasteiger partial charge in [0.15, 0.2) is 0 Å². The quantitative estimate of drug-likeness (QED) is 0.713. The first-order chi connectivity index (χ1) is 7.99. The third-order valence-electron chi connectivity index (χ3n) is 2.23. The molecule has 7 heteroatoms. The Morgan fingerprint density at radius 1 is 1.29 bits per heavy atom. The molecular weight excluding hydrogens is 237 g/mol. The molecule has 17 heavy (non-hydrogen) atoms. The molecular formula is C10H13F3N2O2. The molecule has 0 amide bonds. The van der Waals surface area contributed by atoms with Gasteiger partial charge in [0.1, 0.15) is 0 Å². The van der Waals surface area contributed by atoms with Crippen molar-refractivity contribution in [1.82, 2.24) is 10.3 Å². The fraction of sp³-hybridized carbons (Fsp3) is 0.500. The monoisotopic (exact) mass is 250 g/mol. The standard InChI is InChI=1S/C10H13F3N2O2/c11-10(12,13)9-1-2-14-3-7(9)4-15-8(5-16)6-17/h1-3,8,15-17H,4-6H2. The molecule has 1 heterocycles. The van der Waals surface area contributed by atoms with E-state index in [2.05, 4.69) is 10.3 Å². The van der Waals surface area contributed by atoms with E-state index in [4.69, 9.17) is 10.2 Å². The van der Waals surface area contributed by atoms with E-state index in [0.29, 0.717) is 0 Å². The van der Waals surface area contributed by atoms with Crippen LogP contribution < -0.4 is 5.32 Å². The molecule has 4 nitrogen and oxygen atoms in total. The van der Waals surface area contributed by atoms with Gasteiger partial charge in [-0.15, -0.1) is 0 Å². The number of rotatable bonds is 5. The van der Waals surface area contributed by atoms with E-state index in [0.717, 1.165) is 18.5 Å². The highest BCUT2D eigenvalue weighted by Crippen LogP contribution is 2.31. The number of aromatic nitrogens is 1. The molecule has 0 aromatic carbocycles. The largest absolute Gasteiger partial charge is 0.416 e. The van der Waals surface area contributed by atoms with Crippen LogP contribution in [-0.2, 0) is 12.7 Å². The highest BCUT2D eigenvalue weighted by atomic mass is 19.4. The van der Waals surface area contributed by atoms with E-state index in [1.165, 1.54) is 0 Å². The second kappa shape index (κ2) is 5.95. The molecule has 1 rings (SSSR count). The van der Waals surface area contributed by atoms with E-state index < -0.39 is 17.8 Å². The Hall–Kier alpha value is -1.18. The molecule has 1 aromatic heterocycles. The SMILES string of the molecule is OCC(CO)NCc1cnccc1C(F)(F)F. The van der Waals surface area contributed by atoms with Gasteiger partial charge in [-0.25, -0.2) is 0 Å². The predicted octanol–water partition coefficient (Wildman–Crippen LogP) is 0.543. The highest BCUT2D eigenvalue weighted by molar-refractivity contribution is 5.26. The smallest absolute Gasteiger partial charge is 0.395 e. The van der Waals surface area contributed by atoms with E-state index in [9.17, 15) is 13.2 Å². The number of pyridine rings is 1. The summed E-state index contributed by atoms with van der Waals surface area (Å²) in [5.41, 5.74) is -0.790. The lowest BCUT2D eigenvalue weighted by molar-refractivity contribution is -0.138. The van der Waals surface area contributed by atoms with Crippen LogP contribution in [0.15, 0.2) is 18.5 Å². The summed E-state index contributed by atoms with van der Waals surface area (Å²) in [6.07, 6.45) is -2.25. The number of hydrogen-bond donors (Lipinski definition) is 3. The zero-order valence-corrected chi connectivity index (χ0v) is 8.91. The van der Waals surface area contributed by atoms with E-state index >= 15 is 0 Å². The zero-order chi connectivity index (χ0) is 12.9. The maximum absolute atomic E-state index is 12.6. The zero-order valence-electron chi connectivity index (χ0n) is 8.91. The first-order valence-corrected chi connectivity index (χ1v) is 4.94. The normalized spacial score (nSPS) is 12.1. The Labute approximate surface area is 96.1 Å². The van der Waals surface area contributed by atoms with Crippen LogP contribution in [0.5, 0.6) is 0 Å². The topological polar surface area (TPSA) is 65.4 Å². The van der Waals surface area contributed by atoms with Crippen molar-refractivity contribution in [2.75, 3.05) is 13.2 Å². The van der Waals surface area contributed by atoms with Crippen LogP contribution in [0.25, 0.3) is 0 Å². The van der Waals surface area contributed by atoms with Crippen LogP contribution in [-0.4, -0.2) is 34.5 Å². The summed E-state index contributed by atoms with van der Waals surface area (Å²) in [6.45, 7) is -0.815. The van der Waals surface area contributed by atoms with Crippen molar-refractivity contribution in [1.29, 1.82) is 0 Å². The lowest BCUT2D eigenvalue weighted by Gasteiger charge is -2.16. The minimum atomic E-state index is -4.44. The molecule has 1 aromatic rings. The number of aliphatic hydroxyl groups excluding tert-OH is 2. The Bertz CT molecular complexity index is 354. The molecule has 96 valence electrons. The number of nitrogens with zero attached hydrogens (tertiary/aromatic N) is 1. The molecule has 0 spiro atoms. The van der Waals surface area contributed by atoms with Gasteiger partial charge in [-0.3, -0.25) is 4.98 Å². The van der Waals surface area contributed by atoms with Crippen molar-refractivity contribution in [2.24, 2.45) is 0 Å². The minimum Gasteiger partial charge on any atom is -0.395 e. The predicted molar refractivity (Wildman–Crippen MR) is 54.0 cm³/mol. The van der Waals surface area contributed by atoms with Gasteiger partial charge >= 0.3 is 6.18 Å². The minimum absolute atomic E-state index is 0.0214. The molecule has 0 aliphatic heterocycles. The van der Waals surface area contributed by atoms with Crippen LogP contribution in [0.4, 0.5) is 13.2 Å². The van der Waals surface area contributed by atoms with Crippen molar-refractivity contribution in [3.8, 4) is 0 Å². The third kappa shape index (κ3) is 3.95. The Morgan fingerprint density at radius 2 is 1.94 bits per heavy atom. The molecule has 0 saturated heterocycles.